The molecule has 0 unspecified atom stereocenters. The van der Waals surface area contributed by atoms with Crippen molar-refractivity contribution in [1.29, 1.82) is 0 Å². The van der Waals surface area contributed by atoms with Gasteiger partial charge in [0.25, 0.3) is 0 Å². The summed E-state index contributed by atoms with van der Waals surface area (Å²) in [6.07, 6.45) is 5.50. The van der Waals surface area contributed by atoms with Crippen molar-refractivity contribution in [1.82, 2.24) is 5.32 Å². The number of hydrogen-bond donors (Lipinski definition) is 1. The van der Waals surface area contributed by atoms with Crippen LogP contribution in [-0.4, -0.2) is 11.6 Å². The number of benzene rings is 1. The molecular weight excluding hydrogens is 246 g/mol. The number of aryl methyl sites for hydroxylation is 2. The monoisotopic (exact) mass is 275 g/mol. The van der Waals surface area contributed by atoms with Gasteiger partial charge in [-0.05, 0) is 77.0 Å². The first-order valence-electron chi connectivity index (χ1n) is 7.87. The zero-order chi connectivity index (χ0) is 14.8. The fourth-order valence-corrected chi connectivity index (χ4v) is 2.87. The van der Waals surface area contributed by atoms with Crippen molar-refractivity contribution in [3.05, 3.63) is 28.8 Å². The van der Waals surface area contributed by atoms with Crippen LogP contribution in [0.5, 0.6) is 5.75 Å². The van der Waals surface area contributed by atoms with Crippen molar-refractivity contribution < 1.29 is 4.74 Å². The van der Waals surface area contributed by atoms with Gasteiger partial charge >= 0.3 is 0 Å². The van der Waals surface area contributed by atoms with Gasteiger partial charge in [0.05, 0.1) is 6.10 Å². The van der Waals surface area contributed by atoms with Crippen LogP contribution >= 0.6 is 0 Å². The molecule has 0 atom stereocenters. The molecule has 0 amide bonds. The van der Waals surface area contributed by atoms with Gasteiger partial charge in [-0.15, -0.1) is 0 Å². The van der Waals surface area contributed by atoms with Crippen LogP contribution in [0.1, 0.15) is 63.1 Å². The Morgan fingerprint density at radius 2 is 1.65 bits per heavy atom. The molecule has 2 nitrogen and oxygen atoms in total. The maximum atomic E-state index is 6.22. The summed E-state index contributed by atoms with van der Waals surface area (Å²) in [5.74, 6) is 1.11. The van der Waals surface area contributed by atoms with E-state index in [4.69, 9.17) is 4.74 Å². The summed E-state index contributed by atoms with van der Waals surface area (Å²) in [5.41, 5.74) is 4.03. The van der Waals surface area contributed by atoms with Crippen LogP contribution in [0, 0.1) is 13.8 Å². The van der Waals surface area contributed by atoms with Gasteiger partial charge in [0, 0.05) is 12.1 Å². The Morgan fingerprint density at radius 1 is 1.10 bits per heavy atom. The molecular formula is C18H29NO. The lowest BCUT2D eigenvalue weighted by Crippen LogP contribution is -2.35. The van der Waals surface area contributed by atoms with Gasteiger partial charge in [-0.1, -0.05) is 12.1 Å². The summed E-state index contributed by atoms with van der Waals surface area (Å²) in [6, 6.07) is 4.52. The Bertz CT molecular complexity index is 430. The van der Waals surface area contributed by atoms with Crippen LogP contribution in [0.4, 0.5) is 0 Å². The van der Waals surface area contributed by atoms with Gasteiger partial charge in [0.15, 0.2) is 0 Å². The van der Waals surface area contributed by atoms with Crippen LogP contribution < -0.4 is 10.1 Å². The molecule has 0 radical (unpaired) electrons. The smallest absolute Gasteiger partial charge is 0.125 e. The lowest BCUT2D eigenvalue weighted by atomic mass is 10.0. The highest BCUT2D eigenvalue weighted by atomic mass is 16.5. The average Bonchev–Trinajstić information content (AvgIpc) is 2.83. The quantitative estimate of drug-likeness (QED) is 0.872. The van der Waals surface area contributed by atoms with Crippen molar-refractivity contribution in [2.24, 2.45) is 0 Å². The molecule has 0 aromatic heterocycles. The zero-order valence-electron chi connectivity index (χ0n) is 13.7. The SMILES string of the molecule is Cc1cc(CNC(C)(C)C)cc(C)c1OC1CCCC1. The third-order valence-corrected chi connectivity index (χ3v) is 3.93. The molecule has 2 rings (SSSR count). The van der Waals surface area contributed by atoms with Crippen molar-refractivity contribution in [2.45, 2.75) is 78.5 Å². The van der Waals surface area contributed by atoms with Crippen molar-refractivity contribution in [2.75, 3.05) is 0 Å². The molecule has 1 aromatic rings. The molecule has 1 aliphatic carbocycles. The molecule has 0 aliphatic heterocycles. The largest absolute Gasteiger partial charge is 0.490 e. The number of hydrogen-bond acceptors (Lipinski definition) is 2. The Labute approximate surface area is 123 Å². The molecule has 1 aliphatic rings. The average molecular weight is 275 g/mol. The first-order valence-corrected chi connectivity index (χ1v) is 7.87. The third kappa shape index (κ3) is 4.24. The van der Waals surface area contributed by atoms with E-state index in [-0.39, 0.29) is 5.54 Å². The van der Waals surface area contributed by atoms with E-state index < -0.39 is 0 Å². The molecule has 112 valence electrons. The molecule has 2 heteroatoms. The molecule has 1 saturated carbocycles. The Morgan fingerprint density at radius 3 is 2.15 bits per heavy atom. The number of ether oxygens (including phenoxy) is 1. The Balaban J connectivity index is 2.07. The van der Waals surface area contributed by atoms with Crippen molar-refractivity contribution in [3.63, 3.8) is 0 Å². The molecule has 1 fully saturated rings. The van der Waals surface area contributed by atoms with E-state index in [1.54, 1.807) is 0 Å². The van der Waals surface area contributed by atoms with E-state index >= 15 is 0 Å². The maximum Gasteiger partial charge on any atom is 0.125 e. The topological polar surface area (TPSA) is 21.3 Å². The second-order valence-electron chi connectivity index (χ2n) is 7.19. The summed E-state index contributed by atoms with van der Waals surface area (Å²) in [5, 5.41) is 3.54. The first-order chi connectivity index (χ1) is 9.35. The minimum Gasteiger partial charge on any atom is -0.490 e. The highest BCUT2D eigenvalue weighted by Crippen LogP contribution is 2.30. The minimum absolute atomic E-state index is 0.154. The molecule has 0 saturated heterocycles. The molecule has 1 N–H and O–H groups in total. The Hall–Kier alpha value is -1.02. The van der Waals surface area contributed by atoms with Crippen LogP contribution in [0.15, 0.2) is 12.1 Å². The van der Waals surface area contributed by atoms with E-state index in [1.807, 2.05) is 0 Å². The fraction of sp³-hybridized carbons (Fsp3) is 0.667. The van der Waals surface area contributed by atoms with Crippen molar-refractivity contribution in [3.8, 4) is 5.75 Å². The standard InChI is InChI=1S/C18H29NO/c1-13-10-15(12-19-18(3,4)5)11-14(2)17(13)20-16-8-6-7-9-16/h10-11,16,19H,6-9,12H2,1-5H3. The van der Waals surface area contributed by atoms with Crippen LogP contribution in [0.2, 0.25) is 0 Å². The minimum atomic E-state index is 0.154. The van der Waals surface area contributed by atoms with Crippen LogP contribution in [0.3, 0.4) is 0 Å². The fourth-order valence-electron chi connectivity index (χ4n) is 2.87. The highest BCUT2D eigenvalue weighted by Gasteiger charge is 2.19. The van der Waals surface area contributed by atoms with Crippen LogP contribution in [0.25, 0.3) is 0 Å². The number of rotatable bonds is 4. The molecule has 0 spiro atoms. The molecule has 0 bridgehead atoms. The van der Waals surface area contributed by atoms with E-state index in [9.17, 15) is 0 Å². The van der Waals surface area contributed by atoms with E-state index in [1.165, 1.54) is 42.4 Å². The summed E-state index contributed by atoms with van der Waals surface area (Å²) in [4.78, 5) is 0. The predicted octanol–water partition coefficient (Wildman–Crippen LogP) is 4.51. The summed E-state index contributed by atoms with van der Waals surface area (Å²) < 4.78 is 6.22. The second-order valence-corrected chi connectivity index (χ2v) is 7.19. The summed E-state index contributed by atoms with van der Waals surface area (Å²) >= 11 is 0. The first kappa shape index (κ1) is 15.4. The normalized spacial score (nSPS) is 16.6. The molecule has 1 aromatic carbocycles. The summed E-state index contributed by atoms with van der Waals surface area (Å²) in [6.45, 7) is 11.8. The van der Waals surface area contributed by atoms with Gasteiger partial charge in [0.2, 0.25) is 0 Å². The van der Waals surface area contributed by atoms with E-state index in [0.717, 1.165) is 12.3 Å². The number of nitrogens with one attached hydrogen (secondary N) is 1. The van der Waals surface area contributed by atoms with Gasteiger partial charge < -0.3 is 10.1 Å². The van der Waals surface area contributed by atoms with E-state index in [0.29, 0.717) is 6.10 Å². The van der Waals surface area contributed by atoms with Gasteiger partial charge in [-0.2, -0.15) is 0 Å². The lowest BCUT2D eigenvalue weighted by molar-refractivity contribution is 0.207. The van der Waals surface area contributed by atoms with Gasteiger partial charge in [-0.25, -0.2) is 0 Å². The zero-order valence-corrected chi connectivity index (χ0v) is 13.7. The maximum absolute atomic E-state index is 6.22. The third-order valence-electron chi connectivity index (χ3n) is 3.93. The molecule has 0 heterocycles. The second kappa shape index (κ2) is 6.17. The Kier molecular flexibility index (Phi) is 4.74. The predicted molar refractivity (Wildman–Crippen MR) is 85.4 cm³/mol. The molecule has 20 heavy (non-hydrogen) atoms. The van der Waals surface area contributed by atoms with Crippen LogP contribution in [-0.2, 0) is 6.54 Å². The van der Waals surface area contributed by atoms with Gasteiger partial charge in [-0.3, -0.25) is 0 Å². The van der Waals surface area contributed by atoms with E-state index in [2.05, 4.69) is 52.1 Å². The highest BCUT2D eigenvalue weighted by molar-refractivity contribution is 5.43. The lowest BCUT2D eigenvalue weighted by Gasteiger charge is -2.22. The summed E-state index contributed by atoms with van der Waals surface area (Å²) in [7, 11) is 0. The van der Waals surface area contributed by atoms with Crippen molar-refractivity contribution >= 4 is 0 Å². The van der Waals surface area contributed by atoms with Gasteiger partial charge in [0.1, 0.15) is 5.75 Å².